The summed E-state index contributed by atoms with van der Waals surface area (Å²) in [6.07, 6.45) is -2.05. The lowest BCUT2D eigenvalue weighted by molar-refractivity contribution is -0.798. The highest BCUT2D eigenvalue weighted by atomic mass is 16.5. The second-order valence-corrected chi connectivity index (χ2v) is 2.74. The lowest BCUT2D eigenvalue weighted by Crippen LogP contribution is -2.42. The van der Waals surface area contributed by atoms with Crippen molar-refractivity contribution in [2.24, 2.45) is 0 Å². The van der Waals surface area contributed by atoms with Crippen LogP contribution >= 0.6 is 0 Å². The predicted octanol–water partition coefficient (Wildman–Crippen LogP) is -2.06. The standard InChI is InChI=1S/C6H12NO4/c1-3(8)5-6(10)4(9)2-7(5)11/h2-6,8-11H,1H3/q+1/t3-,4+,5-,6-/m0/s1. The van der Waals surface area contributed by atoms with E-state index in [-0.39, 0.29) is 0 Å². The van der Waals surface area contributed by atoms with Crippen LogP contribution in [0, 0.1) is 0 Å². The van der Waals surface area contributed by atoms with Crippen molar-refractivity contribution in [3.8, 4) is 0 Å². The van der Waals surface area contributed by atoms with Gasteiger partial charge in [0, 0.05) is 0 Å². The molecule has 1 aliphatic rings. The van der Waals surface area contributed by atoms with Crippen LogP contribution in [0.2, 0.25) is 0 Å². The topological polar surface area (TPSA) is 83.9 Å². The molecule has 4 N–H and O–H groups in total. The molecule has 1 heterocycles. The molecule has 0 bridgehead atoms. The molecule has 1 rings (SSSR count). The van der Waals surface area contributed by atoms with E-state index in [1.54, 1.807) is 0 Å². The van der Waals surface area contributed by atoms with Crippen LogP contribution in [-0.4, -0.2) is 55.8 Å². The summed E-state index contributed by atoms with van der Waals surface area (Å²) in [5, 5.41) is 36.1. The Morgan fingerprint density at radius 2 is 2.00 bits per heavy atom. The molecule has 11 heavy (non-hydrogen) atoms. The van der Waals surface area contributed by atoms with Crippen LogP contribution in [0.3, 0.4) is 0 Å². The molecule has 5 nitrogen and oxygen atoms in total. The molecule has 64 valence electrons. The molecular weight excluding hydrogens is 150 g/mol. The fourth-order valence-corrected chi connectivity index (χ4v) is 1.21. The molecule has 0 unspecified atom stereocenters. The Morgan fingerprint density at radius 3 is 2.18 bits per heavy atom. The van der Waals surface area contributed by atoms with Gasteiger partial charge >= 0.3 is 0 Å². The van der Waals surface area contributed by atoms with Gasteiger partial charge in [0.1, 0.15) is 6.10 Å². The minimum atomic E-state index is -1.12. The van der Waals surface area contributed by atoms with Crippen LogP contribution in [0.1, 0.15) is 6.92 Å². The third kappa shape index (κ3) is 1.35. The monoisotopic (exact) mass is 162 g/mol. The fourth-order valence-electron chi connectivity index (χ4n) is 1.21. The van der Waals surface area contributed by atoms with Crippen LogP contribution in [0.15, 0.2) is 0 Å². The van der Waals surface area contributed by atoms with E-state index in [2.05, 4.69) is 0 Å². The Kier molecular flexibility index (Phi) is 2.12. The Balaban J connectivity index is 2.74. The Labute approximate surface area is 63.8 Å². The maximum absolute atomic E-state index is 9.16. The Hall–Kier alpha value is -0.650. The number of aliphatic hydroxyl groups excluding tert-OH is 3. The zero-order valence-corrected chi connectivity index (χ0v) is 6.12. The first-order chi connectivity index (χ1) is 5.04. The molecule has 0 aliphatic carbocycles. The molecule has 0 saturated carbocycles. The van der Waals surface area contributed by atoms with Gasteiger partial charge in [0.15, 0.2) is 12.2 Å². The van der Waals surface area contributed by atoms with E-state index in [1.807, 2.05) is 0 Å². The largest absolute Gasteiger partial charge is 0.386 e. The zero-order valence-electron chi connectivity index (χ0n) is 6.12. The smallest absolute Gasteiger partial charge is 0.255 e. The SMILES string of the molecule is C[C@H](O)[C@H]1[C@@H](O)[C@H](O)C=[N+]1O. The number of hydrogen-bond donors (Lipinski definition) is 4. The third-order valence-corrected chi connectivity index (χ3v) is 1.81. The van der Waals surface area contributed by atoms with E-state index >= 15 is 0 Å². The van der Waals surface area contributed by atoms with Gasteiger partial charge in [-0.2, -0.15) is 0 Å². The molecule has 0 aromatic heterocycles. The second kappa shape index (κ2) is 2.77. The van der Waals surface area contributed by atoms with Gasteiger partial charge in [-0.3, -0.25) is 5.21 Å². The van der Waals surface area contributed by atoms with Crippen LogP contribution in [-0.2, 0) is 0 Å². The van der Waals surface area contributed by atoms with Crippen molar-refractivity contribution in [3.05, 3.63) is 0 Å². The number of hydrogen-bond acceptors (Lipinski definition) is 4. The molecule has 0 spiro atoms. The van der Waals surface area contributed by atoms with Crippen molar-refractivity contribution in [2.45, 2.75) is 31.3 Å². The van der Waals surface area contributed by atoms with Gasteiger partial charge in [0.25, 0.3) is 6.04 Å². The van der Waals surface area contributed by atoms with E-state index in [4.69, 9.17) is 20.5 Å². The molecule has 4 atom stereocenters. The summed E-state index contributed by atoms with van der Waals surface area (Å²) in [7, 11) is 0. The van der Waals surface area contributed by atoms with E-state index in [0.29, 0.717) is 4.74 Å². The minimum Gasteiger partial charge on any atom is -0.386 e. The van der Waals surface area contributed by atoms with E-state index < -0.39 is 24.4 Å². The first-order valence-electron chi connectivity index (χ1n) is 3.40. The molecule has 5 heteroatoms. The van der Waals surface area contributed by atoms with Crippen molar-refractivity contribution in [1.82, 2.24) is 0 Å². The normalized spacial score (nSPS) is 40.4. The zero-order chi connectivity index (χ0) is 8.59. The summed E-state index contributed by atoms with van der Waals surface area (Å²) in [5.41, 5.74) is 0. The average Bonchev–Trinajstić information content (AvgIpc) is 2.07. The molecule has 1 aliphatic heterocycles. The van der Waals surface area contributed by atoms with Crippen molar-refractivity contribution < 1.29 is 25.3 Å². The maximum Gasteiger partial charge on any atom is 0.255 e. The second-order valence-electron chi connectivity index (χ2n) is 2.74. The van der Waals surface area contributed by atoms with Crippen molar-refractivity contribution in [2.75, 3.05) is 0 Å². The first-order valence-corrected chi connectivity index (χ1v) is 3.40. The van der Waals surface area contributed by atoms with Crippen LogP contribution in [0.25, 0.3) is 0 Å². The van der Waals surface area contributed by atoms with Crippen molar-refractivity contribution >= 4 is 6.21 Å². The highest BCUT2D eigenvalue weighted by molar-refractivity contribution is 5.60. The summed E-state index contributed by atoms with van der Waals surface area (Å²) >= 11 is 0. The van der Waals surface area contributed by atoms with Crippen molar-refractivity contribution in [3.63, 3.8) is 0 Å². The molecular formula is C6H12NO4+. The number of rotatable bonds is 1. The summed E-state index contributed by atoms with van der Waals surface area (Å²) in [5.74, 6) is 0. The van der Waals surface area contributed by atoms with E-state index in [0.717, 1.165) is 6.21 Å². The Morgan fingerprint density at radius 1 is 1.45 bits per heavy atom. The number of aliphatic hydroxyl groups is 3. The molecule has 0 aromatic rings. The third-order valence-electron chi connectivity index (χ3n) is 1.81. The van der Waals surface area contributed by atoms with Gasteiger partial charge in [-0.15, -0.1) is 0 Å². The van der Waals surface area contributed by atoms with Gasteiger partial charge in [-0.25, -0.2) is 0 Å². The van der Waals surface area contributed by atoms with Crippen molar-refractivity contribution in [1.29, 1.82) is 0 Å². The molecule has 0 aromatic carbocycles. The summed E-state index contributed by atoms with van der Waals surface area (Å²) < 4.78 is 0.639. The molecule has 0 fully saturated rings. The molecule has 0 saturated heterocycles. The summed E-state index contributed by atoms with van der Waals surface area (Å²) in [6.45, 7) is 1.43. The lowest BCUT2D eigenvalue weighted by Gasteiger charge is -2.12. The maximum atomic E-state index is 9.16. The van der Waals surface area contributed by atoms with E-state index in [9.17, 15) is 0 Å². The van der Waals surface area contributed by atoms with E-state index in [1.165, 1.54) is 6.92 Å². The summed E-state index contributed by atoms with van der Waals surface area (Å²) in [6, 6.07) is -0.829. The van der Waals surface area contributed by atoms with Gasteiger partial charge in [0.05, 0.1) is 0 Å². The predicted molar refractivity (Wildman–Crippen MR) is 35.6 cm³/mol. The van der Waals surface area contributed by atoms with Crippen LogP contribution < -0.4 is 0 Å². The highest BCUT2D eigenvalue weighted by Crippen LogP contribution is 2.12. The number of nitrogens with zero attached hydrogens (tertiary/aromatic N) is 1. The number of hydroxylamine groups is 1. The van der Waals surface area contributed by atoms with Crippen LogP contribution in [0.4, 0.5) is 0 Å². The highest BCUT2D eigenvalue weighted by Gasteiger charge is 2.46. The van der Waals surface area contributed by atoms with Gasteiger partial charge in [-0.05, 0) is 11.7 Å². The average molecular weight is 162 g/mol. The Bertz CT molecular complexity index is 179. The first kappa shape index (κ1) is 8.45. The van der Waals surface area contributed by atoms with Gasteiger partial charge in [-0.1, -0.05) is 0 Å². The van der Waals surface area contributed by atoms with Gasteiger partial charge < -0.3 is 15.3 Å². The van der Waals surface area contributed by atoms with Gasteiger partial charge in [0.2, 0.25) is 6.21 Å². The quantitative estimate of drug-likeness (QED) is 0.264. The molecule has 0 radical (unpaired) electrons. The fraction of sp³-hybridized carbons (Fsp3) is 0.833. The molecule has 0 amide bonds. The van der Waals surface area contributed by atoms with Crippen LogP contribution in [0.5, 0.6) is 0 Å². The lowest BCUT2D eigenvalue weighted by atomic mass is 10.1. The summed E-state index contributed by atoms with van der Waals surface area (Å²) in [4.78, 5) is 0. The minimum absolute atomic E-state index is 0.639.